The molecule has 0 aliphatic carbocycles. The fourth-order valence-electron chi connectivity index (χ4n) is 4.58. The summed E-state index contributed by atoms with van der Waals surface area (Å²) in [6, 6.07) is 8.79. The molecule has 2 unspecified atom stereocenters. The van der Waals surface area contributed by atoms with Crippen molar-refractivity contribution in [3.05, 3.63) is 46.5 Å². The summed E-state index contributed by atoms with van der Waals surface area (Å²) in [7, 11) is 0. The minimum atomic E-state index is -0.711. The lowest BCUT2D eigenvalue weighted by Gasteiger charge is -2.31. The number of ether oxygens (including phenoxy) is 1. The molecule has 0 heterocycles. The molecule has 6 heteroatoms. The van der Waals surface area contributed by atoms with E-state index in [2.05, 4.69) is 114 Å². The molecule has 40 heavy (non-hydrogen) atoms. The Bertz CT molecular complexity index is 1070. The topological polar surface area (TPSA) is 69.9 Å². The van der Waals surface area contributed by atoms with Crippen molar-refractivity contribution in [1.82, 2.24) is 0 Å². The zero-order valence-corrected chi connectivity index (χ0v) is 28.8. The third-order valence-corrected chi connectivity index (χ3v) is 9.12. The summed E-state index contributed by atoms with van der Waals surface area (Å²) in [5.74, 6) is 1.25. The lowest BCUT2D eigenvalue weighted by molar-refractivity contribution is 0.0804. The molecule has 4 nitrogen and oxygen atoms in total. The first-order valence-electron chi connectivity index (χ1n) is 14.4. The molecule has 2 aromatic rings. The molecule has 0 aliphatic heterocycles. The summed E-state index contributed by atoms with van der Waals surface area (Å²) in [6.45, 7) is 28.4. The van der Waals surface area contributed by atoms with E-state index in [1.54, 1.807) is 0 Å². The monoisotopic (exact) mass is 590 g/mol. The smallest absolute Gasteiger partial charge is 0.126 e. The minimum Gasteiger partial charge on any atom is -0.507 e. The molecule has 0 saturated heterocycles. The van der Waals surface area contributed by atoms with Gasteiger partial charge in [0.15, 0.2) is 0 Å². The first kappa shape index (κ1) is 34.9. The van der Waals surface area contributed by atoms with Crippen LogP contribution in [-0.4, -0.2) is 39.2 Å². The highest BCUT2D eigenvalue weighted by molar-refractivity contribution is 8.17. The van der Waals surface area contributed by atoms with E-state index in [0.717, 1.165) is 32.9 Å². The zero-order valence-electron chi connectivity index (χ0n) is 27.2. The summed E-state index contributed by atoms with van der Waals surface area (Å²) in [5.41, 5.74) is 3.54. The van der Waals surface area contributed by atoms with E-state index < -0.39 is 6.10 Å². The van der Waals surface area contributed by atoms with Gasteiger partial charge in [0.25, 0.3) is 0 Å². The number of hydrogen-bond acceptors (Lipinski definition) is 6. The summed E-state index contributed by atoms with van der Waals surface area (Å²) < 4.78 is 6.52. The van der Waals surface area contributed by atoms with E-state index in [1.165, 1.54) is 4.90 Å². The van der Waals surface area contributed by atoms with Gasteiger partial charge in [-0.15, -0.1) is 23.5 Å². The predicted octanol–water partition coefficient (Wildman–Crippen LogP) is 8.93. The maximum Gasteiger partial charge on any atom is 0.126 e. The Hall–Kier alpha value is -1.34. The number of aromatic hydroxyl groups is 1. The van der Waals surface area contributed by atoms with Crippen molar-refractivity contribution in [2.24, 2.45) is 0 Å². The van der Waals surface area contributed by atoms with Crippen molar-refractivity contribution in [3.63, 3.8) is 0 Å². The van der Waals surface area contributed by atoms with Crippen LogP contribution in [0.1, 0.15) is 119 Å². The largest absolute Gasteiger partial charge is 0.507 e. The van der Waals surface area contributed by atoms with Gasteiger partial charge in [0.05, 0.1) is 10.7 Å². The molecule has 0 radical (unpaired) electrons. The standard InChI is InChI=1S/C34H54O4S2/c1-21(39-23-16-25(31(2,3)4)29(37)26(17-23)32(5,6)7)40-24-18-27(33(8,9)10)30(28(19-24)34(11,12)13)38-20-22(36)14-15-35/h16-19,21-22,35-37H,14-15,20H2,1-13H3. The SMILES string of the molecule is CC(Sc1cc(C(C)(C)C)c(O)c(C(C)(C)C)c1)Sc1cc(C(C)(C)C)c(OCC(O)CCO)c(C(C)(C)C)c1. The van der Waals surface area contributed by atoms with Gasteiger partial charge in [-0.1, -0.05) is 83.1 Å². The van der Waals surface area contributed by atoms with Crippen molar-refractivity contribution < 1.29 is 20.1 Å². The van der Waals surface area contributed by atoms with Crippen molar-refractivity contribution in [2.45, 2.75) is 139 Å². The molecule has 0 fully saturated rings. The Morgan fingerprint density at radius 2 is 1.02 bits per heavy atom. The lowest BCUT2D eigenvalue weighted by atomic mass is 9.79. The molecule has 2 rings (SSSR count). The van der Waals surface area contributed by atoms with Crippen LogP contribution in [0.4, 0.5) is 0 Å². The van der Waals surface area contributed by atoms with Crippen LogP contribution < -0.4 is 4.74 Å². The van der Waals surface area contributed by atoms with Crippen LogP contribution in [-0.2, 0) is 21.7 Å². The van der Waals surface area contributed by atoms with Gasteiger partial charge < -0.3 is 20.1 Å². The number of benzene rings is 2. The third-order valence-electron chi connectivity index (χ3n) is 6.86. The molecule has 2 atom stereocenters. The molecule has 0 aromatic heterocycles. The average Bonchev–Trinajstić information content (AvgIpc) is 2.76. The highest BCUT2D eigenvalue weighted by atomic mass is 32.2. The second-order valence-electron chi connectivity index (χ2n) is 15.0. The van der Waals surface area contributed by atoms with Gasteiger partial charge in [-0.3, -0.25) is 0 Å². The third kappa shape index (κ3) is 9.34. The second kappa shape index (κ2) is 12.9. The van der Waals surface area contributed by atoms with Crippen LogP contribution in [0.5, 0.6) is 11.5 Å². The van der Waals surface area contributed by atoms with E-state index in [0.29, 0.717) is 12.2 Å². The first-order valence-corrected chi connectivity index (χ1v) is 16.1. The number of phenolic OH excluding ortho intramolecular Hbond substituents is 1. The van der Waals surface area contributed by atoms with Crippen molar-refractivity contribution in [2.75, 3.05) is 13.2 Å². The van der Waals surface area contributed by atoms with Gasteiger partial charge in [-0.2, -0.15) is 0 Å². The maximum absolute atomic E-state index is 11.1. The summed E-state index contributed by atoms with van der Waals surface area (Å²) in [4.78, 5) is 2.35. The Morgan fingerprint density at radius 1 is 0.675 bits per heavy atom. The molecule has 3 N–H and O–H groups in total. The highest BCUT2D eigenvalue weighted by Gasteiger charge is 2.30. The highest BCUT2D eigenvalue weighted by Crippen LogP contribution is 2.47. The molecular weight excluding hydrogens is 537 g/mol. The fraction of sp³-hybridized carbons (Fsp3) is 0.647. The Labute approximate surface area is 252 Å². The number of aliphatic hydroxyl groups is 2. The average molecular weight is 591 g/mol. The minimum absolute atomic E-state index is 0.0660. The molecule has 0 spiro atoms. The van der Waals surface area contributed by atoms with Gasteiger partial charge in [-0.05, 0) is 59.3 Å². The molecular formula is C34H54O4S2. The van der Waals surface area contributed by atoms with Crippen molar-refractivity contribution in [3.8, 4) is 11.5 Å². The fourth-order valence-corrected chi connectivity index (χ4v) is 6.95. The van der Waals surface area contributed by atoms with E-state index in [1.807, 2.05) is 23.5 Å². The maximum atomic E-state index is 11.1. The van der Waals surface area contributed by atoms with Gasteiger partial charge >= 0.3 is 0 Å². The first-order chi connectivity index (χ1) is 18.1. The van der Waals surface area contributed by atoms with Crippen LogP contribution >= 0.6 is 23.5 Å². The van der Waals surface area contributed by atoms with Crippen molar-refractivity contribution >= 4 is 23.5 Å². The number of thioether (sulfide) groups is 2. The van der Waals surface area contributed by atoms with Gasteiger partial charge in [0.1, 0.15) is 18.1 Å². The molecule has 0 amide bonds. The Balaban J connectivity index is 2.51. The van der Waals surface area contributed by atoms with Crippen LogP contribution in [0.15, 0.2) is 34.1 Å². The van der Waals surface area contributed by atoms with E-state index in [4.69, 9.17) is 4.74 Å². The second-order valence-corrected chi connectivity index (χ2v) is 18.1. The molecule has 0 aliphatic rings. The molecule has 0 bridgehead atoms. The van der Waals surface area contributed by atoms with Gasteiger partial charge in [-0.25, -0.2) is 0 Å². The Morgan fingerprint density at radius 3 is 1.35 bits per heavy atom. The summed E-state index contributed by atoms with van der Waals surface area (Å²) >= 11 is 3.66. The van der Waals surface area contributed by atoms with Crippen LogP contribution in [0.2, 0.25) is 0 Å². The summed E-state index contributed by atoms with van der Waals surface area (Å²) in [5, 5.41) is 30.6. The number of aliphatic hydroxyl groups excluding tert-OH is 2. The van der Waals surface area contributed by atoms with E-state index in [-0.39, 0.29) is 39.5 Å². The van der Waals surface area contributed by atoms with E-state index >= 15 is 0 Å². The number of phenols is 1. The normalized spacial score (nSPS) is 14.8. The van der Waals surface area contributed by atoms with Crippen LogP contribution in [0.3, 0.4) is 0 Å². The van der Waals surface area contributed by atoms with E-state index in [9.17, 15) is 15.3 Å². The van der Waals surface area contributed by atoms with Crippen LogP contribution in [0, 0.1) is 0 Å². The predicted molar refractivity (Wildman–Crippen MR) is 174 cm³/mol. The molecule has 2 aromatic carbocycles. The Kier molecular flexibility index (Phi) is 11.2. The van der Waals surface area contributed by atoms with Gasteiger partial charge in [0, 0.05) is 38.7 Å². The quantitative estimate of drug-likeness (QED) is 0.200. The lowest BCUT2D eigenvalue weighted by Crippen LogP contribution is -2.24. The number of rotatable bonds is 9. The molecule has 226 valence electrons. The zero-order chi connectivity index (χ0) is 30.8. The molecule has 0 saturated carbocycles. The number of hydrogen-bond donors (Lipinski definition) is 3. The summed E-state index contributed by atoms with van der Waals surface area (Å²) in [6.07, 6.45) is -0.416. The van der Waals surface area contributed by atoms with Crippen molar-refractivity contribution in [1.29, 1.82) is 0 Å². The van der Waals surface area contributed by atoms with Crippen LogP contribution in [0.25, 0.3) is 0 Å². The van der Waals surface area contributed by atoms with Gasteiger partial charge in [0.2, 0.25) is 0 Å².